The van der Waals surface area contributed by atoms with Gasteiger partial charge in [-0.15, -0.1) is 0 Å². The van der Waals surface area contributed by atoms with Gasteiger partial charge in [-0.25, -0.2) is 5.43 Å². The van der Waals surface area contributed by atoms with Gasteiger partial charge < -0.3 is 5.32 Å². The minimum Gasteiger partial charge on any atom is -0.352 e. The maximum atomic E-state index is 12.2. The summed E-state index contributed by atoms with van der Waals surface area (Å²) in [5, 5.41) is 7.10. The number of nitrogens with one attached hydrogen (secondary N) is 2. The Labute approximate surface area is 182 Å². The van der Waals surface area contributed by atoms with E-state index in [2.05, 4.69) is 15.8 Å². The van der Waals surface area contributed by atoms with Crippen LogP contribution in [-0.2, 0) is 16.1 Å². The van der Waals surface area contributed by atoms with Crippen LogP contribution < -0.4 is 10.7 Å². The highest BCUT2D eigenvalue weighted by atomic mass is 16.2. The number of carbonyl (C=O) groups excluding carboxylic acids is 2. The maximum absolute atomic E-state index is 12.2. The van der Waals surface area contributed by atoms with Crippen molar-refractivity contribution >= 4 is 23.6 Å². The van der Waals surface area contributed by atoms with E-state index < -0.39 is 0 Å². The number of amides is 2. The monoisotopic (exact) mass is 411 g/mol. The van der Waals surface area contributed by atoms with Crippen LogP contribution in [-0.4, -0.2) is 17.5 Å². The van der Waals surface area contributed by atoms with E-state index in [4.69, 9.17) is 0 Å². The van der Waals surface area contributed by atoms with Crippen molar-refractivity contribution in [3.63, 3.8) is 0 Å². The zero-order valence-corrected chi connectivity index (χ0v) is 17.2. The number of hydrogen-bond donors (Lipinski definition) is 2. The van der Waals surface area contributed by atoms with E-state index in [1.165, 1.54) is 0 Å². The number of benzene rings is 3. The lowest BCUT2D eigenvalue weighted by Gasteiger charge is -2.06. The van der Waals surface area contributed by atoms with Crippen LogP contribution in [0.4, 0.5) is 0 Å². The third-order valence-electron chi connectivity index (χ3n) is 4.52. The van der Waals surface area contributed by atoms with E-state index in [9.17, 15) is 9.59 Å². The molecular weight excluding hydrogens is 386 g/mol. The van der Waals surface area contributed by atoms with Crippen LogP contribution in [0.2, 0.25) is 0 Å². The van der Waals surface area contributed by atoms with E-state index in [0.717, 1.165) is 16.7 Å². The lowest BCUT2D eigenvalue weighted by Crippen LogP contribution is -2.26. The van der Waals surface area contributed by atoms with Crippen LogP contribution in [0.25, 0.3) is 6.08 Å². The van der Waals surface area contributed by atoms with Gasteiger partial charge in [0.25, 0.3) is 0 Å². The Morgan fingerprint density at radius 3 is 2.00 bits per heavy atom. The van der Waals surface area contributed by atoms with Gasteiger partial charge in [0, 0.05) is 24.9 Å². The molecule has 0 radical (unpaired) electrons. The molecule has 0 unspecified atom stereocenters. The van der Waals surface area contributed by atoms with Gasteiger partial charge in [0.1, 0.15) is 0 Å². The quantitative estimate of drug-likeness (QED) is 0.407. The van der Waals surface area contributed by atoms with Crippen molar-refractivity contribution in [2.45, 2.75) is 19.4 Å². The summed E-state index contributed by atoms with van der Waals surface area (Å²) in [7, 11) is 0. The first-order valence-electron chi connectivity index (χ1n) is 10.2. The number of allylic oxidation sites excluding steroid dienone is 1. The number of hydrazone groups is 1. The van der Waals surface area contributed by atoms with Crippen LogP contribution in [0.15, 0.2) is 102 Å². The highest BCUT2D eigenvalue weighted by Crippen LogP contribution is 2.07. The van der Waals surface area contributed by atoms with Gasteiger partial charge in [-0.05, 0) is 17.2 Å². The Hall–Kier alpha value is -3.99. The van der Waals surface area contributed by atoms with Gasteiger partial charge in [-0.2, -0.15) is 5.10 Å². The Balaban J connectivity index is 1.54. The smallest absolute Gasteiger partial charge is 0.240 e. The zero-order chi connectivity index (χ0) is 21.7. The highest BCUT2D eigenvalue weighted by molar-refractivity contribution is 6.11. The summed E-state index contributed by atoms with van der Waals surface area (Å²) in [6.07, 6.45) is 3.97. The minimum absolute atomic E-state index is 0.0641. The average molecular weight is 412 g/mol. The van der Waals surface area contributed by atoms with Crippen molar-refractivity contribution in [2.75, 3.05) is 0 Å². The third-order valence-corrected chi connectivity index (χ3v) is 4.52. The van der Waals surface area contributed by atoms with Crippen molar-refractivity contribution < 1.29 is 9.59 Å². The van der Waals surface area contributed by atoms with Gasteiger partial charge in [0.15, 0.2) is 0 Å². The fraction of sp³-hybridized carbons (Fsp3) is 0.115. The predicted molar refractivity (Wildman–Crippen MR) is 124 cm³/mol. The Kier molecular flexibility index (Phi) is 8.32. The summed E-state index contributed by atoms with van der Waals surface area (Å²) in [6.45, 7) is 0.446. The second kappa shape index (κ2) is 11.9. The Morgan fingerprint density at radius 2 is 1.32 bits per heavy atom. The molecule has 31 heavy (non-hydrogen) atoms. The molecule has 3 rings (SSSR count). The topological polar surface area (TPSA) is 70.6 Å². The molecule has 156 valence electrons. The molecule has 0 aliphatic heterocycles. The standard InChI is InChI=1S/C26H25N3O2/c30-25(27-20-22-12-6-2-7-13-22)18-19-26(31)29-28-24(23-14-8-3-9-15-23)17-16-21-10-4-1-5-11-21/h1-17H,18-20H2,(H,27,30)(H,29,31). The summed E-state index contributed by atoms with van der Waals surface area (Å²) < 4.78 is 0. The van der Waals surface area contributed by atoms with Crippen molar-refractivity contribution in [1.29, 1.82) is 0 Å². The molecule has 0 aliphatic rings. The molecule has 3 aromatic rings. The molecule has 0 saturated heterocycles. The van der Waals surface area contributed by atoms with Crippen LogP contribution in [0, 0.1) is 0 Å². The SMILES string of the molecule is O=C(CCC(=O)NN=C(C=Cc1ccccc1)c1ccccc1)NCc1ccccc1. The highest BCUT2D eigenvalue weighted by Gasteiger charge is 2.07. The van der Waals surface area contributed by atoms with E-state index in [0.29, 0.717) is 12.3 Å². The molecule has 2 N–H and O–H groups in total. The zero-order valence-electron chi connectivity index (χ0n) is 17.2. The molecule has 0 saturated carbocycles. The predicted octanol–water partition coefficient (Wildman–Crippen LogP) is 4.32. The fourth-order valence-corrected chi connectivity index (χ4v) is 2.84. The largest absolute Gasteiger partial charge is 0.352 e. The number of nitrogens with zero attached hydrogens (tertiary/aromatic N) is 1. The molecular formula is C26H25N3O2. The molecule has 0 aromatic heterocycles. The van der Waals surface area contributed by atoms with Gasteiger partial charge in [-0.1, -0.05) is 97.1 Å². The van der Waals surface area contributed by atoms with Crippen molar-refractivity contribution in [3.8, 4) is 0 Å². The van der Waals surface area contributed by atoms with Crippen molar-refractivity contribution in [2.24, 2.45) is 5.10 Å². The molecule has 5 heteroatoms. The number of hydrogen-bond acceptors (Lipinski definition) is 3. The van der Waals surface area contributed by atoms with Crippen LogP contribution in [0.5, 0.6) is 0 Å². The minimum atomic E-state index is -0.309. The van der Waals surface area contributed by atoms with Gasteiger partial charge >= 0.3 is 0 Å². The first kappa shape index (κ1) is 21.7. The first-order valence-corrected chi connectivity index (χ1v) is 10.2. The molecule has 0 bridgehead atoms. The molecule has 3 aromatic carbocycles. The first-order chi connectivity index (χ1) is 15.2. The molecule has 0 aliphatic carbocycles. The summed E-state index contributed by atoms with van der Waals surface area (Å²) in [4.78, 5) is 24.2. The molecule has 0 fully saturated rings. The summed E-state index contributed by atoms with van der Waals surface area (Å²) in [5.41, 5.74) is 6.13. The van der Waals surface area contributed by atoms with Crippen LogP contribution in [0.3, 0.4) is 0 Å². The lowest BCUT2D eigenvalue weighted by atomic mass is 10.1. The van der Waals surface area contributed by atoms with Gasteiger partial charge in [-0.3, -0.25) is 9.59 Å². The average Bonchev–Trinajstić information content (AvgIpc) is 2.83. The maximum Gasteiger partial charge on any atom is 0.240 e. The van der Waals surface area contributed by atoms with E-state index >= 15 is 0 Å². The molecule has 0 spiro atoms. The Morgan fingerprint density at radius 1 is 0.742 bits per heavy atom. The summed E-state index contributed by atoms with van der Waals surface area (Å²) >= 11 is 0. The summed E-state index contributed by atoms with van der Waals surface area (Å²) in [6, 6.07) is 29.1. The van der Waals surface area contributed by atoms with Crippen molar-refractivity contribution in [3.05, 3.63) is 114 Å². The van der Waals surface area contributed by atoms with Crippen LogP contribution in [0.1, 0.15) is 29.5 Å². The lowest BCUT2D eigenvalue weighted by molar-refractivity contribution is -0.126. The van der Waals surface area contributed by atoms with E-state index in [-0.39, 0.29) is 24.7 Å². The van der Waals surface area contributed by atoms with Crippen LogP contribution >= 0.6 is 0 Å². The molecule has 0 atom stereocenters. The number of carbonyl (C=O) groups is 2. The molecule has 2 amide bonds. The van der Waals surface area contributed by atoms with E-state index in [1.807, 2.05) is 103 Å². The molecule has 0 heterocycles. The van der Waals surface area contributed by atoms with E-state index in [1.54, 1.807) is 0 Å². The second-order valence-electron chi connectivity index (χ2n) is 6.90. The van der Waals surface area contributed by atoms with Crippen molar-refractivity contribution in [1.82, 2.24) is 10.7 Å². The fourth-order valence-electron chi connectivity index (χ4n) is 2.84. The number of rotatable bonds is 9. The van der Waals surface area contributed by atoms with Gasteiger partial charge in [0.2, 0.25) is 11.8 Å². The molecule has 5 nitrogen and oxygen atoms in total. The second-order valence-corrected chi connectivity index (χ2v) is 6.90. The normalized spacial score (nSPS) is 11.3. The Bertz CT molecular complexity index is 1030. The third kappa shape index (κ3) is 7.74. The summed E-state index contributed by atoms with van der Waals surface area (Å²) in [5.74, 6) is -0.480. The van der Waals surface area contributed by atoms with Gasteiger partial charge in [0.05, 0.1) is 5.71 Å².